The van der Waals surface area contributed by atoms with E-state index in [0.29, 0.717) is 0 Å². The van der Waals surface area contributed by atoms with Gasteiger partial charge >= 0.3 is 11.7 Å². The Morgan fingerprint density at radius 2 is 2.30 bits per heavy atom. The highest BCUT2D eigenvalue weighted by atomic mass is 16.6. The number of nitrogens with zero attached hydrogens (tertiary/aromatic N) is 2. The number of carboxylic acids is 1. The lowest BCUT2D eigenvalue weighted by Crippen LogP contribution is -2.27. The van der Waals surface area contributed by atoms with E-state index in [0.717, 1.165) is 31.5 Å². The Morgan fingerprint density at radius 1 is 1.55 bits per heavy atom. The standard InChI is InChI=1S/C12H15N3O5/c16-6-7-2-1-3-9(7)14-11-10(15(19)20)4-8(5-13-11)12(17)18/h4-5,7,9,16H,1-3,6H2,(H,13,14)(H,17,18). The summed E-state index contributed by atoms with van der Waals surface area (Å²) in [4.78, 5) is 25.0. The van der Waals surface area contributed by atoms with E-state index in [4.69, 9.17) is 5.11 Å². The largest absolute Gasteiger partial charge is 0.478 e. The van der Waals surface area contributed by atoms with E-state index in [-0.39, 0.29) is 35.6 Å². The smallest absolute Gasteiger partial charge is 0.337 e. The predicted octanol–water partition coefficient (Wildman–Crippen LogP) is 1.26. The molecule has 0 bridgehead atoms. The maximum absolute atomic E-state index is 11.0. The lowest BCUT2D eigenvalue weighted by atomic mass is 10.1. The highest BCUT2D eigenvalue weighted by Gasteiger charge is 2.29. The average molecular weight is 281 g/mol. The Balaban J connectivity index is 2.27. The van der Waals surface area contributed by atoms with E-state index in [1.165, 1.54) is 0 Å². The second-order valence-electron chi connectivity index (χ2n) is 4.78. The van der Waals surface area contributed by atoms with E-state index < -0.39 is 10.9 Å². The van der Waals surface area contributed by atoms with Crippen molar-refractivity contribution in [3.05, 3.63) is 27.9 Å². The van der Waals surface area contributed by atoms with Crippen molar-refractivity contribution in [3.63, 3.8) is 0 Å². The summed E-state index contributed by atoms with van der Waals surface area (Å²) in [6.45, 7) is 0.0126. The number of nitro groups is 1. The summed E-state index contributed by atoms with van der Waals surface area (Å²) in [7, 11) is 0. The van der Waals surface area contributed by atoms with Gasteiger partial charge in [0.2, 0.25) is 5.82 Å². The molecule has 2 atom stereocenters. The molecule has 0 saturated heterocycles. The fourth-order valence-corrected chi connectivity index (χ4v) is 2.44. The van der Waals surface area contributed by atoms with Crippen molar-refractivity contribution in [1.82, 2.24) is 4.98 Å². The van der Waals surface area contributed by atoms with Gasteiger partial charge in [0.15, 0.2) is 0 Å². The molecule has 8 nitrogen and oxygen atoms in total. The number of pyridine rings is 1. The van der Waals surface area contributed by atoms with Gasteiger partial charge in [0.1, 0.15) is 0 Å². The molecule has 0 spiro atoms. The van der Waals surface area contributed by atoms with Gasteiger partial charge in [-0.25, -0.2) is 9.78 Å². The zero-order valence-electron chi connectivity index (χ0n) is 10.7. The van der Waals surface area contributed by atoms with E-state index in [1.54, 1.807) is 0 Å². The van der Waals surface area contributed by atoms with Gasteiger partial charge in [0, 0.05) is 30.8 Å². The summed E-state index contributed by atoms with van der Waals surface area (Å²) >= 11 is 0. The highest BCUT2D eigenvalue weighted by molar-refractivity contribution is 5.88. The van der Waals surface area contributed by atoms with Gasteiger partial charge in [-0.05, 0) is 12.8 Å². The molecule has 2 rings (SSSR count). The van der Waals surface area contributed by atoms with Crippen molar-refractivity contribution < 1.29 is 19.9 Å². The van der Waals surface area contributed by atoms with Gasteiger partial charge in [0.25, 0.3) is 0 Å². The molecule has 0 aromatic carbocycles. The summed E-state index contributed by atoms with van der Waals surface area (Å²) in [6.07, 6.45) is 3.67. The third-order valence-electron chi connectivity index (χ3n) is 3.53. The number of aromatic nitrogens is 1. The highest BCUT2D eigenvalue weighted by Crippen LogP contribution is 2.31. The normalized spacial score (nSPS) is 21.6. The van der Waals surface area contributed by atoms with Gasteiger partial charge in [0.05, 0.1) is 10.5 Å². The molecule has 1 fully saturated rings. The molecule has 0 amide bonds. The minimum atomic E-state index is -1.26. The summed E-state index contributed by atoms with van der Waals surface area (Å²) in [5.41, 5.74) is -0.596. The molecule has 1 aliphatic carbocycles. The van der Waals surface area contributed by atoms with Crippen molar-refractivity contribution in [2.24, 2.45) is 5.92 Å². The molecule has 8 heteroatoms. The summed E-state index contributed by atoms with van der Waals surface area (Å²) in [6, 6.07) is 0.905. The van der Waals surface area contributed by atoms with E-state index in [9.17, 15) is 20.0 Å². The molecule has 1 saturated carbocycles. The van der Waals surface area contributed by atoms with Crippen LogP contribution < -0.4 is 5.32 Å². The van der Waals surface area contributed by atoms with Gasteiger partial charge in [-0.2, -0.15) is 0 Å². The lowest BCUT2D eigenvalue weighted by Gasteiger charge is -2.19. The molecule has 1 aliphatic rings. The maximum atomic E-state index is 11.0. The van der Waals surface area contributed by atoms with Crippen LogP contribution in [0.2, 0.25) is 0 Å². The Bertz CT molecular complexity index is 534. The first-order valence-electron chi connectivity index (χ1n) is 6.28. The molecule has 0 radical (unpaired) electrons. The average Bonchev–Trinajstić information content (AvgIpc) is 2.85. The van der Waals surface area contributed by atoms with Gasteiger partial charge in [-0.1, -0.05) is 6.42 Å². The summed E-state index contributed by atoms with van der Waals surface area (Å²) in [5, 5.41) is 32.0. The predicted molar refractivity (Wildman–Crippen MR) is 69.7 cm³/mol. The van der Waals surface area contributed by atoms with Crippen LogP contribution >= 0.6 is 0 Å². The third kappa shape index (κ3) is 2.85. The van der Waals surface area contributed by atoms with Crippen LogP contribution in [0.3, 0.4) is 0 Å². The quantitative estimate of drug-likeness (QED) is 0.547. The van der Waals surface area contributed by atoms with Crippen LogP contribution in [0.4, 0.5) is 11.5 Å². The molecule has 1 aromatic rings. The molecule has 1 heterocycles. The van der Waals surface area contributed by atoms with Crippen LogP contribution in [0.1, 0.15) is 29.6 Å². The number of aliphatic hydroxyl groups excluding tert-OH is 1. The molecule has 108 valence electrons. The van der Waals surface area contributed by atoms with Crippen LogP contribution in [0.5, 0.6) is 0 Å². The molecule has 2 unspecified atom stereocenters. The summed E-state index contributed by atoms with van der Waals surface area (Å²) in [5.74, 6) is -1.18. The van der Waals surface area contributed by atoms with E-state index >= 15 is 0 Å². The molecule has 20 heavy (non-hydrogen) atoms. The number of carbonyl (C=O) groups is 1. The minimum absolute atomic E-state index is 0.0126. The lowest BCUT2D eigenvalue weighted by molar-refractivity contribution is -0.384. The molecular weight excluding hydrogens is 266 g/mol. The Labute approximate surface area is 114 Å². The molecule has 3 N–H and O–H groups in total. The van der Waals surface area contributed by atoms with Gasteiger partial charge in [-0.15, -0.1) is 0 Å². The number of rotatable bonds is 5. The first-order valence-corrected chi connectivity index (χ1v) is 6.28. The Morgan fingerprint density at radius 3 is 2.90 bits per heavy atom. The summed E-state index contributed by atoms with van der Waals surface area (Å²) < 4.78 is 0. The van der Waals surface area contributed by atoms with E-state index in [1.807, 2.05) is 0 Å². The fraction of sp³-hybridized carbons (Fsp3) is 0.500. The number of hydrogen-bond donors (Lipinski definition) is 3. The van der Waals surface area contributed by atoms with Crippen LogP contribution in [-0.2, 0) is 0 Å². The number of aliphatic hydroxyl groups is 1. The zero-order chi connectivity index (χ0) is 14.7. The second kappa shape index (κ2) is 5.83. The number of hydrogen-bond acceptors (Lipinski definition) is 6. The van der Waals surface area contributed by atoms with Crippen molar-refractivity contribution in [3.8, 4) is 0 Å². The minimum Gasteiger partial charge on any atom is -0.478 e. The Kier molecular flexibility index (Phi) is 4.14. The monoisotopic (exact) mass is 281 g/mol. The van der Waals surface area contributed by atoms with Crippen molar-refractivity contribution >= 4 is 17.5 Å². The number of anilines is 1. The molecule has 0 aliphatic heterocycles. The Hall–Kier alpha value is -2.22. The topological polar surface area (TPSA) is 126 Å². The van der Waals surface area contributed by atoms with Gasteiger partial charge in [-0.3, -0.25) is 10.1 Å². The third-order valence-corrected chi connectivity index (χ3v) is 3.53. The first-order chi connectivity index (χ1) is 9.52. The zero-order valence-corrected chi connectivity index (χ0v) is 10.7. The number of aromatic carboxylic acids is 1. The second-order valence-corrected chi connectivity index (χ2v) is 4.78. The van der Waals surface area contributed by atoms with Crippen LogP contribution in [0.25, 0.3) is 0 Å². The first kappa shape index (κ1) is 14.2. The van der Waals surface area contributed by atoms with E-state index in [2.05, 4.69) is 10.3 Å². The number of carboxylic acid groups (broad SMARTS) is 1. The van der Waals surface area contributed by atoms with Crippen molar-refractivity contribution in [1.29, 1.82) is 0 Å². The number of nitrogens with one attached hydrogen (secondary N) is 1. The fourth-order valence-electron chi connectivity index (χ4n) is 2.44. The molecule has 1 aromatic heterocycles. The maximum Gasteiger partial charge on any atom is 0.337 e. The van der Waals surface area contributed by atoms with Crippen LogP contribution in [-0.4, -0.2) is 38.7 Å². The van der Waals surface area contributed by atoms with Crippen molar-refractivity contribution in [2.75, 3.05) is 11.9 Å². The van der Waals surface area contributed by atoms with Crippen LogP contribution in [0, 0.1) is 16.0 Å². The SMILES string of the molecule is O=C(O)c1cnc(NC2CCCC2CO)c([N+](=O)[O-])c1. The molecular formula is C12H15N3O5. The van der Waals surface area contributed by atoms with Crippen molar-refractivity contribution in [2.45, 2.75) is 25.3 Å². The van der Waals surface area contributed by atoms with Gasteiger partial charge < -0.3 is 15.5 Å². The van der Waals surface area contributed by atoms with Crippen LogP contribution in [0.15, 0.2) is 12.3 Å².